The molecule has 0 heterocycles. The van der Waals surface area contributed by atoms with Crippen molar-refractivity contribution in [3.8, 4) is 0 Å². The van der Waals surface area contributed by atoms with Crippen molar-refractivity contribution in [2.75, 3.05) is 26.8 Å². The highest BCUT2D eigenvalue weighted by Crippen LogP contribution is 2.32. The first-order chi connectivity index (χ1) is 5.84. The Hall–Kier alpha value is -0.0800. The quantitative estimate of drug-likeness (QED) is 0.614. The SMILES string of the molecule is COCCNCC(C)C1CCC1. The third kappa shape index (κ3) is 3.11. The van der Waals surface area contributed by atoms with Gasteiger partial charge in [0.1, 0.15) is 0 Å². The zero-order valence-electron chi connectivity index (χ0n) is 8.31. The smallest absolute Gasteiger partial charge is 0.0587 e. The third-order valence-electron chi connectivity index (χ3n) is 2.90. The van der Waals surface area contributed by atoms with Gasteiger partial charge in [-0.2, -0.15) is 0 Å². The third-order valence-corrected chi connectivity index (χ3v) is 2.90. The van der Waals surface area contributed by atoms with Gasteiger partial charge in [-0.1, -0.05) is 26.2 Å². The lowest BCUT2D eigenvalue weighted by molar-refractivity contribution is 0.185. The van der Waals surface area contributed by atoms with Gasteiger partial charge in [-0.15, -0.1) is 0 Å². The topological polar surface area (TPSA) is 21.3 Å². The lowest BCUT2D eigenvalue weighted by Crippen LogP contribution is -2.31. The first-order valence-electron chi connectivity index (χ1n) is 5.04. The largest absolute Gasteiger partial charge is 0.383 e. The van der Waals surface area contributed by atoms with Crippen LogP contribution in [-0.2, 0) is 4.74 Å². The Labute approximate surface area is 75.7 Å². The molecule has 0 radical (unpaired) electrons. The Kier molecular flexibility index (Phi) is 4.62. The van der Waals surface area contributed by atoms with Crippen molar-refractivity contribution in [1.29, 1.82) is 0 Å². The van der Waals surface area contributed by atoms with Gasteiger partial charge in [0, 0.05) is 13.7 Å². The van der Waals surface area contributed by atoms with Crippen molar-refractivity contribution in [3.63, 3.8) is 0 Å². The summed E-state index contributed by atoms with van der Waals surface area (Å²) in [6.45, 7) is 5.34. The van der Waals surface area contributed by atoms with Crippen molar-refractivity contribution in [2.24, 2.45) is 11.8 Å². The Morgan fingerprint density at radius 2 is 2.25 bits per heavy atom. The molecule has 72 valence electrons. The van der Waals surface area contributed by atoms with E-state index in [4.69, 9.17) is 4.74 Å². The predicted octanol–water partition coefficient (Wildman–Crippen LogP) is 1.66. The molecule has 1 atom stereocenters. The summed E-state index contributed by atoms with van der Waals surface area (Å²) in [5.74, 6) is 1.86. The van der Waals surface area contributed by atoms with Crippen molar-refractivity contribution in [3.05, 3.63) is 0 Å². The minimum Gasteiger partial charge on any atom is -0.383 e. The second-order valence-electron chi connectivity index (χ2n) is 3.87. The highest BCUT2D eigenvalue weighted by Gasteiger charge is 2.22. The first kappa shape index (κ1) is 10.0. The summed E-state index contributed by atoms with van der Waals surface area (Å²) in [7, 11) is 1.75. The van der Waals surface area contributed by atoms with E-state index in [1.165, 1.54) is 19.3 Å². The van der Waals surface area contributed by atoms with Gasteiger partial charge in [-0.05, 0) is 18.4 Å². The molecule has 0 bridgehead atoms. The Morgan fingerprint density at radius 1 is 1.50 bits per heavy atom. The average Bonchev–Trinajstić information content (AvgIpc) is 1.95. The van der Waals surface area contributed by atoms with Gasteiger partial charge in [0.25, 0.3) is 0 Å². The maximum Gasteiger partial charge on any atom is 0.0587 e. The molecule has 0 spiro atoms. The molecule has 1 aliphatic carbocycles. The Bertz CT molecular complexity index is 112. The number of ether oxygens (including phenoxy) is 1. The van der Waals surface area contributed by atoms with Gasteiger partial charge in [0.2, 0.25) is 0 Å². The molecular formula is C10H21NO. The van der Waals surface area contributed by atoms with Crippen molar-refractivity contribution in [2.45, 2.75) is 26.2 Å². The lowest BCUT2D eigenvalue weighted by Gasteiger charge is -2.31. The van der Waals surface area contributed by atoms with Crippen LogP contribution >= 0.6 is 0 Å². The van der Waals surface area contributed by atoms with Gasteiger partial charge in [0.15, 0.2) is 0 Å². The van der Waals surface area contributed by atoms with Gasteiger partial charge >= 0.3 is 0 Å². The predicted molar refractivity (Wildman–Crippen MR) is 51.3 cm³/mol. The highest BCUT2D eigenvalue weighted by molar-refractivity contribution is 4.75. The van der Waals surface area contributed by atoms with Crippen LogP contribution in [0.5, 0.6) is 0 Å². The fraction of sp³-hybridized carbons (Fsp3) is 1.00. The van der Waals surface area contributed by atoms with E-state index in [1.807, 2.05) is 0 Å². The summed E-state index contributed by atoms with van der Waals surface area (Å²) in [4.78, 5) is 0. The summed E-state index contributed by atoms with van der Waals surface area (Å²) in [5.41, 5.74) is 0. The molecule has 0 saturated heterocycles. The first-order valence-corrected chi connectivity index (χ1v) is 5.04. The van der Waals surface area contributed by atoms with Crippen molar-refractivity contribution in [1.82, 2.24) is 5.32 Å². The molecule has 0 aromatic rings. The van der Waals surface area contributed by atoms with Gasteiger partial charge in [-0.3, -0.25) is 0 Å². The number of methoxy groups -OCH3 is 1. The van der Waals surface area contributed by atoms with Crippen LogP contribution in [0, 0.1) is 11.8 Å². The maximum absolute atomic E-state index is 4.96. The Balaban J connectivity index is 1.91. The van der Waals surface area contributed by atoms with E-state index in [0.29, 0.717) is 0 Å². The van der Waals surface area contributed by atoms with Gasteiger partial charge < -0.3 is 10.1 Å². The van der Waals surface area contributed by atoms with Crippen LogP contribution in [0.1, 0.15) is 26.2 Å². The van der Waals surface area contributed by atoms with Crippen molar-refractivity contribution < 1.29 is 4.74 Å². The summed E-state index contributed by atoms with van der Waals surface area (Å²) in [6, 6.07) is 0. The number of nitrogens with one attached hydrogen (secondary N) is 1. The average molecular weight is 171 g/mol. The van der Waals surface area contributed by atoms with Crippen LogP contribution in [0.4, 0.5) is 0 Å². The monoisotopic (exact) mass is 171 g/mol. The minimum atomic E-state index is 0.831. The van der Waals surface area contributed by atoms with E-state index >= 15 is 0 Å². The summed E-state index contributed by atoms with van der Waals surface area (Å²) >= 11 is 0. The van der Waals surface area contributed by atoms with Crippen molar-refractivity contribution >= 4 is 0 Å². The highest BCUT2D eigenvalue weighted by atomic mass is 16.5. The van der Waals surface area contributed by atoms with E-state index in [1.54, 1.807) is 7.11 Å². The molecule has 2 heteroatoms. The fourth-order valence-corrected chi connectivity index (χ4v) is 1.68. The molecule has 12 heavy (non-hydrogen) atoms. The molecule has 0 aliphatic heterocycles. The molecule has 0 amide bonds. The number of hydrogen-bond donors (Lipinski definition) is 1. The molecule has 1 fully saturated rings. The number of hydrogen-bond acceptors (Lipinski definition) is 2. The van der Waals surface area contributed by atoms with Gasteiger partial charge in [-0.25, -0.2) is 0 Å². The van der Waals surface area contributed by atoms with Crippen LogP contribution in [0.2, 0.25) is 0 Å². The standard InChI is InChI=1S/C10H21NO/c1-9(10-4-3-5-10)8-11-6-7-12-2/h9-11H,3-8H2,1-2H3. The Morgan fingerprint density at radius 3 is 2.75 bits per heavy atom. The molecule has 1 rings (SSSR count). The van der Waals surface area contributed by atoms with Crippen LogP contribution < -0.4 is 5.32 Å². The molecule has 0 aromatic carbocycles. The molecule has 1 aliphatic rings. The molecule has 2 nitrogen and oxygen atoms in total. The molecule has 0 aromatic heterocycles. The zero-order valence-corrected chi connectivity index (χ0v) is 8.31. The van der Waals surface area contributed by atoms with E-state index in [-0.39, 0.29) is 0 Å². The van der Waals surface area contributed by atoms with Crippen LogP contribution in [-0.4, -0.2) is 26.8 Å². The van der Waals surface area contributed by atoms with E-state index in [2.05, 4.69) is 12.2 Å². The second kappa shape index (κ2) is 5.55. The molecular weight excluding hydrogens is 150 g/mol. The zero-order chi connectivity index (χ0) is 8.81. The van der Waals surface area contributed by atoms with Crippen LogP contribution in [0.15, 0.2) is 0 Å². The summed E-state index contributed by atoms with van der Waals surface area (Å²) < 4.78 is 4.96. The second-order valence-corrected chi connectivity index (χ2v) is 3.87. The van der Waals surface area contributed by atoms with E-state index in [9.17, 15) is 0 Å². The maximum atomic E-state index is 4.96. The molecule has 1 saturated carbocycles. The normalized spacial score (nSPS) is 20.5. The summed E-state index contributed by atoms with van der Waals surface area (Å²) in [5, 5.41) is 3.41. The van der Waals surface area contributed by atoms with Gasteiger partial charge in [0.05, 0.1) is 6.61 Å². The van der Waals surface area contributed by atoms with E-state index < -0.39 is 0 Å². The van der Waals surface area contributed by atoms with E-state index in [0.717, 1.165) is 31.5 Å². The lowest BCUT2D eigenvalue weighted by atomic mass is 9.77. The van der Waals surface area contributed by atoms with Crippen LogP contribution in [0.3, 0.4) is 0 Å². The molecule has 1 N–H and O–H groups in total. The van der Waals surface area contributed by atoms with Crippen LogP contribution in [0.25, 0.3) is 0 Å². The summed E-state index contributed by atoms with van der Waals surface area (Å²) in [6.07, 6.45) is 4.35. The fourth-order valence-electron chi connectivity index (χ4n) is 1.68. The molecule has 1 unspecified atom stereocenters. The number of rotatable bonds is 6. The minimum absolute atomic E-state index is 0.831.